The molecular weight excluding hydrogens is 389 g/mol. The number of anilines is 1. The van der Waals surface area contributed by atoms with E-state index in [2.05, 4.69) is 19.2 Å². The number of methoxy groups -OCH3 is 1. The van der Waals surface area contributed by atoms with Crippen molar-refractivity contribution in [2.24, 2.45) is 5.41 Å². The van der Waals surface area contributed by atoms with Crippen LogP contribution in [0.4, 0.5) is 10.1 Å². The summed E-state index contributed by atoms with van der Waals surface area (Å²) in [5.74, 6) is -1.55. The van der Waals surface area contributed by atoms with Crippen molar-refractivity contribution >= 4 is 22.6 Å². The molecule has 2 heterocycles. The van der Waals surface area contributed by atoms with Crippen LogP contribution in [0, 0.1) is 18.2 Å². The Balaban J connectivity index is 2.06. The number of nitrogens with one attached hydrogen (secondary N) is 1. The summed E-state index contributed by atoms with van der Waals surface area (Å²) in [4.78, 5) is 26.6. The molecule has 0 unspecified atom stereocenters. The average molecular weight is 417 g/mol. The molecule has 1 aliphatic carbocycles. The molecule has 0 radical (unpaired) electrons. The van der Waals surface area contributed by atoms with Gasteiger partial charge in [-0.25, -0.2) is 9.18 Å². The highest BCUT2D eigenvalue weighted by molar-refractivity contribution is 5.99. The van der Waals surface area contributed by atoms with Crippen molar-refractivity contribution in [2.75, 3.05) is 32.1 Å². The van der Waals surface area contributed by atoms with Crippen LogP contribution in [0.3, 0.4) is 0 Å². The maximum Gasteiger partial charge on any atom is 0.341 e. The summed E-state index contributed by atoms with van der Waals surface area (Å²) in [5.41, 5.74) is -0.123. The lowest BCUT2D eigenvalue weighted by atomic mass is 9.88. The highest BCUT2D eigenvalue weighted by Crippen LogP contribution is 2.47. The predicted octanol–water partition coefficient (Wildman–Crippen LogP) is 2.92. The molecule has 0 spiro atoms. The number of nitrogens with zero attached hydrogens (tertiary/aromatic N) is 2. The van der Waals surface area contributed by atoms with E-state index >= 15 is 4.39 Å². The van der Waals surface area contributed by atoms with Crippen LogP contribution < -0.4 is 20.4 Å². The number of benzene rings is 1. The van der Waals surface area contributed by atoms with Crippen LogP contribution >= 0.6 is 0 Å². The fraction of sp³-hybridized carbons (Fsp3) is 0.545. The minimum absolute atomic E-state index is 0.0814. The molecule has 1 aliphatic heterocycles. The third-order valence-electron chi connectivity index (χ3n) is 6.56. The van der Waals surface area contributed by atoms with Gasteiger partial charge in [0.25, 0.3) is 0 Å². The van der Waals surface area contributed by atoms with E-state index in [-0.39, 0.29) is 34.0 Å². The molecule has 30 heavy (non-hydrogen) atoms. The summed E-state index contributed by atoms with van der Waals surface area (Å²) in [5, 5.41) is 12.9. The normalized spacial score (nSPS) is 20.7. The Morgan fingerprint density at radius 2 is 2.03 bits per heavy atom. The number of pyridine rings is 1. The summed E-state index contributed by atoms with van der Waals surface area (Å²) in [7, 11) is 3.37. The van der Waals surface area contributed by atoms with E-state index in [1.807, 2.05) is 11.9 Å². The fourth-order valence-electron chi connectivity index (χ4n) is 4.77. The number of ether oxygens (including phenoxy) is 1. The van der Waals surface area contributed by atoms with Crippen LogP contribution in [0.1, 0.15) is 48.7 Å². The number of aromatic carboxylic acids is 1. The van der Waals surface area contributed by atoms with Crippen LogP contribution in [-0.4, -0.2) is 48.9 Å². The molecule has 2 fully saturated rings. The van der Waals surface area contributed by atoms with Crippen LogP contribution in [0.2, 0.25) is 0 Å². The van der Waals surface area contributed by atoms with Gasteiger partial charge in [0.05, 0.1) is 18.0 Å². The van der Waals surface area contributed by atoms with E-state index in [4.69, 9.17) is 4.74 Å². The van der Waals surface area contributed by atoms with Gasteiger partial charge in [0.2, 0.25) is 5.43 Å². The molecule has 7 nitrogen and oxygen atoms in total. The van der Waals surface area contributed by atoms with Gasteiger partial charge in [0.15, 0.2) is 11.6 Å². The van der Waals surface area contributed by atoms with Crippen molar-refractivity contribution in [1.82, 2.24) is 9.88 Å². The van der Waals surface area contributed by atoms with Crippen molar-refractivity contribution in [1.29, 1.82) is 0 Å². The second-order valence-electron chi connectivity index (χ2n) is 9.07. The minimum atomic E-state index is -1.31. The summed E-state index contributed by atoms with van der Waals surface area (Å²) in [6, 6.07) is 0.246. The Morgan fingerprint density at radius 1 is 1.37 bits per heavy atom. The third-order valence-corrected chi connectivity index (χ3v) is 6.56. The van der Waals surface area contributed by atoms with E-state index in [1.165, 1.54) is 13.3 Å². The maximum absolute atomic E-state index is 15.7. The van der Waals surface area contributed by atoms with E-state index in [0.29, 0.717) is 30.0 Å². The van der Waals surface area contributed by atoms with E-state index in [0.717, 1.165) is 12.8 Å². The molecular formula is C22H28FN3O4. The summed E-state index contributed by atoms with van der Waals surface area (Å²) in [6.45, 7) is 7.03. The molecule has 2 aromatic rings. The van der Waals surface area contributed by atoms with Crippen LogP contribution in [-0.2, 0) is 0 Å². The Hall–Kier alpha value is -2.61. The lowest BCUT2D eigenvalue weighted by Crippen LogP contribution is -2.38. The number of hydrogen-bond acceptors (Lipinski definition) is 5. The molecule has 1 aromatic carbocycles. The summed E-state index contributed by atoms with van der Waals surface area (Å²) < 4.78 is 23.2. The number of halogens is 1. The van der Waals surface area contributed by atoms with E-state index < -0.39 is 17.2 Å². The molecule has 1 atom stereocenters. The largest absolute Gasteiger partial charge is 0.492 e. The maximum atomic E-state index is 15.7. The number of likely N-dealkylation sites (N-methyl/N-ethyl adjacent to an activating group) is 1. The Morgan fingerprint density at radius 3 is 2.53 bits per heavy atom. The zero-order chi connectivity index (χ0) is 22.0. The first-order valence-electron chi connectivity index (χ1n) is 10.2. The molecule has 2 aliphatic rings. The molecule has 2 N–H and O–H groups in total. The van der Waals surface area contributed by atoms with Gasteiger partial charge in [-0.15, -0.1) is 0 Å². The van der Waals surface area contributed by atoms with Crippen molar-refractivity contribution in [3.8, 4) is 5.75 Å². The number of carboxylic acid groups (broad SMARTS) is 1. The molecule has 4 rings (SSSR count). The van der Waals surface area contributed by atoms with Crippen molar-refractivity contribution < 1.29 is 19.0 Å². The Kier molecular flexibility index (Phi) is 4.80. The molecule has 0 amide bonds. The molecule has 1 saturated carbocycles. The number of hydrogen-bond donors (Lipinski definition) is 2. The Bertz CT molecular complexity index is 1100. The standard InChI is InChI=1S/C22H28FN3O4/c1-11-15-17(26(12-6-7-12)8-13(19(15)27)21(28)29)20(30-5)18(16(11)23)25-9-14(24-4)22(2,3)10-25/h8,12,14,24H,6-7,9-10H2,1-5H3,(H,28,29)/t14-/m1/s1. The zero-order valence-corrected chi connectivity index (χ0v) is 18.0. The number of carbonyl (C=O) groups is 1. The molecule has 8 heteroatoms. The van der Waals surface area contributed by atoms with Gasteiger partial charge in [0.1, 0.15) is 11.3 Å². The first kappa shape index (κ1) is 20.7. The van der Waals surface area contributed by atoms with Crippen LogP contribution in [0.5, 0.6) is 5.75 Å². The van der Waals surface area contributed by atoms with Crippen LogP contribution in [0.25, 0.3) is 10.9 Å². The highest BCUT2D eigenvalue weighted by Gasteiger charge is 2.41. The predicted molar refractivity (Wildman–Crippen MR) is 114 cm³/mol. The molecule has 1 saturated heterocycles. The van der Waals surface area contributed by atoms with Gasteiger partial charge in [-0.05, 0) is 32.2 Å². The van der Waals surface area contributed by atoms with Gasteiger partial charge < -0.3 is 24.6 Å². The van der Waals surface area contributed by atoms with Gasteiger partial charge in [-0.1, -0.05) is 13.8 Å². The topological polar surface area (TPSA) is 83.8 Å². The summed E-state index contributed by atoms with van der Waals surface area (Å²) >= 11 is 0. The van der Waals surface area contributed by atoms with Crippen LogP contribution in [0.15, 0.2) is 11.0 Å². The quantitative estimate of drug-likeness (QED) is 0.778. The average Bonchev–Trinajstić information content (AvgIpc) is 3.47. The van der Waals surface area contributed by atoms with Gasteiger partial charge in [-0.3, -0.25) is 4.79 Å². The molecule has 1 aromatic heterocycles. The molecule has 162 valence electrons. The second-order valence-corrected chi connectivity index (χ2v) is 9.07. The first-order valence-corrected chi connectivity index (χ1v) is 10.2. The number of aryl methyl sites for hydroxylation is 1. The van der Waals surface area contributed by atoms with Crippen molar-refractivity contribution in [2.45, 2.75) is 45.7 Å². The minimum Gasteiger partial charge on any atom is -0.492 e. The first-order chi connectivity index (χ1) is 14.1. The highest BCUT2D eigenvalue weighted by atomic mass is 19.1. The van der Waals surface area contributed by atoms with Gasteiger partial charge >= 0.3 is 5.97 Å². The lowest BCUT2D eigenvalue weighted by molar-refractivity contribution is 0.0695. The number of aromatic nitrogens is 1. The van der Waals surface area contributed by atoms with Gasteiger partial charge in [-0.2, -0.15) is 0 Å². The monoisotopic (exact) mass is 417 g/mol. The SMILES string of the molecule is CN[C@@H]1CN(c2c(F)c(C)c3c(=O)c(C(=O)O)cn(C4CC4)c3c2OC)CC1(C)C. The van der Waals surface area contributed by atoms with Crippen molar-refractivity contribution in [3.05, 3.63) is 33.4 Å². The number of carboxylic acids is 1. The second kappa shape index (κ2) is 6.97. The number of fused-ring (bicyclic) bond motifs is 1. The van der Waals surface area contributed by atoms with Crippen molar-refractivity contribution in [3.63, 3.8) is 0 Å². The number of rotatable bonds is 5. The lowest BCUT2D eigenvalue weighted by Gasteiger charge is -2.27. The molecule has 0 bridgehead atoms. The van der Waals surface area contributed by atoms with E-state index in [9.17, 15) is 14.7 Å². The van der Waals surface area contributed by atoms with Gasteiger partial charge in [0, 0.05) is 36.9 Å². The zero-order valence-electron chi connectivity index (χ0n) is 18.0. The fourth-order valence-corrected chi connectivity index (χ4v) is 4.77. The third kappa shape index (κ3) is 2.96. The smallest absolute Gasteiger partial charge is 0.341 e. The Labute approximate surface area is 174 Å². The summed E-state index contributed by atoms with van der Waals surface area (Å²) in [6.07, 6.45) is 3.15. The van der Waals surface area contributed by atoms with E-state index in [1.54, 1.807) is 11.5 Å².